The van der Waals surface area contributed by atoms with Gasteiger partial charge in [-0.25, -0.2) is 27.9 Å². The molecule has 11 aromatic rings. The average molecular weight is 1350 g/mol. The molecule has 486 valence electrons. The van der Waals surface area contributed by atoms with Crippen LogP contribution in [-0.2, 0) is 43.6 Å². The quantitative estimate of drug-likeness (QED) is 0.0179. The molecule has 4 heterocycles. The first kappa shape index (κ1) is 73.1. The van der Waals surface area contributed by atoms with E-state index in [0.29, 0.717) is 28.2 Å². The first-order chi connectivity index (χ1) is 44.9. The molecule has 11 rings (SSSR count). The van der Waals surface area contributed by atoms with E-state index in [9.17, 15) is 15.3 Å². The highest BCUT2D eigenvalue weighted by Gasteiger charge is 2.17. The van der Waals surface area contributed by atoms with Crippen molar-refractivity contribution in [3.05, 3.63) is 207 Å². The Labute approximate surface area is 556 Å². The summed E-state index contributed by atoms with van der Waals surface area (Å²) in [7, 11) is -1.95. The van der Waals surface area contributed by atoms with Crippen LogP contribution in [0.25, 0.3) is 40.9 Å². The van der Waals surface area contributed by atoms with E-state index in [1.165, 1.54) is 34.0 Å². The number of hydrogen-bond donors (Lipinski definition) is 6. The predicted molar refractivity (Wildman–Crippen MR) is 380 cm³/mol. The molecule has 0 aliphatic heterocycles. The number of thiazole rings is 4. The smallest absolute Gasteiger partial charge is 0.409 e. The molecule has 0 amide bonds. The highest BCUT2D eigenvalue weighted by molar-refractivity contribution is 7.84. The normalized spacial score (nSPS) is 11.1. The molecule has 0 bridgehead atoms. The molecule has 0 atom stereocenters. The van der Waals surface area contributed by atoms with Crippen molar-refractivity contribution in [1.82, 2.24) is 15.0 Å². The van der Waals surface area contributed by atoms with Crippen LogP contribution in [0.15, 0.2) is 215 Å². The summed E-state index contributed by atoms with van der Waals surface area (Å²) < 4.78 is 33.3. The van der Waals surface area contributed by atoms with Crippen LogP contribution in [0.3, 0.4) is 0 Å². The molecule has 0 unspecified atom stereocenters. The summed E-state index contributed by atoms with van der Waals surface area (Å²) in [5, 5.41) is 73.8. The van der Waals surface area contributed by atoms with Gasteiger partial charge in [0.2, 0.25) is 10.3 Å². The number of nitrogens with two attached hydrogens (primary N) is 1. The summed E-state index contributed by atoms with van der Waals surface area (Å²) >= 11 is 5.90. The second kappa shape index (κ2) is 36.9. The van der Waals surface area contributed by atoms with Crippen molar-refractivity contribution in [3.63, 3.8) is 0 Å². The van der Waals surface area contributed by atoms with Gasteiger partial charge in [0.05, 0.1) is 102 Å². The fraction of sp³-hybridized carbons (Fsp3) is 0.212. The third kappa shape index (κ3) is 22.1. The lowest BCUT2D eigenvalue weighted by Crippen LogP contribution is -2.25. The molecular weight excluding hydrogens is 1280 g/mol. The van der Waals surface area contributed by atoms with Gasteiger partial charge < -0.3 is 50.5 Å². The summed E-state index contributed by atoms with van der Waals surface area (Å²) in [6.07, 6.45) is 4.22. The Hall–Kier alpha value is -8.97. The van der Waals surface area contributed by atoms with Crippen LogP contribution in [0.5, 0.6) is 0 Å². The minimum absolute atomic E-state index is 0.0160. The van der Waals surface area contributed by atoms with Gasteiger partial charge in [-0.3, -0.25) is 0 Å². The molecule has 4 aromatic heterocycles. The van der Waals surface area contributed by atoms with Crippen LogP contribution in [0, 0.1) is 0 Å². The molecule has 0 saturated carbocycles. The third-order valence-electron chi connectivity index (χ3n) is 13.2. The monoisotopic (exact) mass is 1350 g/mol. The molecule has 0 radical (unpaired) electrons. The molecule has 0 saturated heterocycles. The highest BCUT2D eigenvalue weighted by Crippen LogP contribution is 2.34. The van der Waals surface area contributed by atoms with Crippen molar-refractivity contribution in [2.75, 3.05) is 59.5 Å². The Kier molecular flexibility index (Phi) is 29.0. The maximum Gasteiger partial charge on any atom is 0.409 e. The first-order valence-corrected chi connectivity index (χ1v) is 33.9. The van der Waals surface area contributed by atoms with Gasteiger partial charge in [0.15, 0.2) is 5.13 Å². The van der Waals surface area contributed by atoms with Crippen molar-refractivity contribution < 1.29 is 43.1 Å². The lowest BCUT2D eigenvalue weighted by molar-refractivity contribution is -0.627. The molecule has 0 aliphatic carbocycles. The van der Waals surface area contributed by atoms with Crippen molar-refractivity contribution in [1.29, 1.82) is 0 Å². The number of aromatic nitrogens is 4. The highest BCUT2D eigenvalue weighted by atomic mass is 32.2. The largest absolute Gasteiger partial charge is 0.748 e. The Bertz CT molecular complexity index is 4380. The Balaban J connectivity index is 0.000000194. The number of aliphatic hydroxyl groups excluding tert-OH is 5. The van der Waals surface area contributed by atoms with Crippen molar-refractivity contribution in [2.24, 2.45) is 37.7 Å². The second-order valence-corrected chi connectivity index (χ2v) is 24.9. The zero-order valence-corrected chi connectivity index (χ0v) is 56.2. The number of fused-ring (bicyclic) bond motifs is 4. The van der Waals surface area contributed by atoms with Crippen molar-refractivity contribution in [3.8, 4) is 0 Å². The van der Waals surface area contributed by atoms with Gasteiger partial charge in [-0.2, -0.15) is 0 Å². The number of azo groups is 3. The van der Waals surface area contributed by atoms with Gasteiger partial charge in [-0.05, 0) is 193 Å². The van der Waals surface area contributed by atoms with E-state index < -0.39 is 10.1 Å². The summed E-state index contributed by atoms with van der Waals surface area (Å²) in [6.45, 7) is 23.3. The van der Waals surface area contributed by atoms with Crippen LogP contribution in [0.2, 0.25) is 0 Å². The standard InChI is InChI=1S/C19H21N4OS.C18H20N4O2S.C18H18N4OS.C8H8N2OS.C2H4.CH4O3S/c1-4-23(5-2)16-9-7-15(8-10-16)20-21-19-22(3)17-11-6-14(13-24)12-18(17)25-19;1-2-22(9-10-23)15-6-4-14(5-7-15)20-21-18-19-16-8-3-13(12-24)11-17(16)25-18;1-3-22(4-2)15-8-6-14(7-9-15)20-21-18-19-16-10-5-13(12-23)11-17(16)24-18;9-8-10-6-2-1-5(4-11)3-7(6)12-8;1-2;1-5(2,3)4/h4,6-12,24H,1,5,13H2,2-3H3;3-8,11,23-24H,2,9-10,12H2,1H3;3,5-11,23H,1,4,12H2,2H3;1-3,11H,4H2,(H2,9,10);1-2H2;1H3,(H,2,3,4)/q+1;;;;;/p-1. The molecular formula is C66H74N14O8S5. The molecule has 0 aliphatic rings. The van der Waals surface area contributed by atoms with Gasteiger partial charge in [0.25, 0.3) is 0 Å². The summed E-state index contributed by atoms with van der Waals surface area (Å²) in [5.41, 5.74) is 18.3. The molecule has 7 N–H and O–H groups in total. The number of aliphatic hydroxyl groups is 5. The number of nitrogen functional groups attached to an aromatic ring is 1. The third-order valence-corrected chi connectivity index (χ3v) is 16.9. The van der Waals surface area contributed by atoms with Gasteiger partial charge in [0, 0.05) is 49.5 Å². The van der Waals surface area contributed by atoms with E-state index in [-0.39, 0.29) is 33.0 Å². The fourth-order valence-electron chi connectivity index (χ4n) is 8.53. The van der Waals surface area contributed by atoms with Crippen LogP contribution in [-0.4, -0.2) is 92.5 Å². The molecule has 22 nitrogen and oxygen atoms in total. The summed E-state index contributed by atoms with van der Waals surface area (Å²) in [6, 6.07) is 46.3. The van der Waals surface area contributed by atoms with E-state index in [1.807, 2.05) is 168 Å². The number of anilines is 4. The van der Waals surface area contributed by atoms with Gasteiger partial charge >= 0.3 is 5.13 Å². The Morgan fingerprint density at radius 2 is 0.882 bits per heavy atom. The van der Waals surface area contributed by atoms with E-state index in [0.717, 1.165) is 122 Å². The zero-order valence-electron chi connectivity index (χ0n) is 52.1. The van der Waals surface area contributed by atoms with Gasteiger partial charge in [-0.15, -0.1) is 33.6 Å². The maximum absolute atomic E-state index is 9.27. The SMILES string of the molecule is C=C.C=CN(CC)c1ccc(N=Nc2nc3ccc(CO)cc3s2)cc1.C=CN(CC)c1ccc(N=Nc2sc3cc(CO)ccc3[n+]2C)cc1.CCN(CCO)c1ccc(N=Nc2nc3ccc(CO)cc3s2)cc1.CS(=O)(=O)[O-].Nc1nc2ccc(CO)cc2s1. The van der Waals surface area contributed by atoms with Crippen LogP contribution >= 0.6 is 45.3 Å². The second-order valence-electron chi connectivity index (χ2n) is 19.4. The topological polar surface area (TPSA) is 311 Å². The minimum Gasteiger partial charge on any atom is -0.748 e. The lowest BCUT2D eigenvalue weighted by atomic mass is 10.2. The van der Waals surface area contributed by atoms with Crippen LogP contribution in [0.1, 0.15) is 43.0 Å². The molecule has 0 spiro atoms. The molecule has 0 fully saturated rings. The number of nitrogens with zero attached hydrogens (tertiary/aromatic N) is 13. The van der Waals surface area contributed by atoms with E-state index in [1.54, 1.807) is 17.5 Å². The van der Waals surface area contributed by atoms with Gasteiger partial charge in [-0.1, -0.05) is 71.4 Å². The van der Waals surface area contributed by atoms with E-state index >= 15 is 0 Å². The first-order valence-electron chi connectivity index (χ1n) is 28.8. The van der Waals surface area contributed by atoms with Crippen molar-refractivity contribution in [2.45, 2.75) is 47.2 Å². The number of rotatable bonds is 20. The summed E-state index contributed by atoms with van der Waals surface area (Å²) in [5.74, 6) is 0. The van der Waals surface area contributed by atoms with Crippen LogP contribution < -0.4 is 25.0 Å². The number of aryl methyl sites for hydroxylation is 1. The summed E-state index contributed by atoms with van der Waals surface area (Å²) in [4.78, 5) is 19.2. The van der Waals surface area contributed by atoms with Crippen molar-refractivity contribution >= 4 is 151 Å². The number of benzene rings is 7. The Morgan fingerprint density at radius 3 is 1.26 bits per heavy atom. The van der Waals surface area contributed by atoms with E-state index in [2.05, 4.69) is 103 Å². The zero-order chi connectivity index (χ0) is 67.5. The van der Waals surface area contributed by atoms with Gasteiger partial charge in [0.1, 0.15) is 11.2 Å². The lowest BCUT2D eigenvalue weighted by Gasteiger charge is -2.21. The number of hydrogen-bond acceptors (Lipinski definition) is 25. The van der Waals surface area contributed by atoms with E-state index in [4.69, 9.17) is 28.9 Å². The van der Waals surface area contributed by atoms with Crippen LogP contribution in [0.4, 0.5) is 54.7 Å². The fourth-order valence-corrected chi connectivity index (χ4v) is 12.1. The molecule has 93 heavy (non-hydrogen) atoms. The number of likely N-dealkylation sites (N-methyl/N-ethyl adjacent to an activating group) is 1. The molecule has 27 heteroatoms. The maximum atomic E-state index is 9.27. The Morgan fingerprint density at radius 1 is 0.516 bits per heavy atom. The predicted octanol–water partition coefficient (Wildman–Crippen LogP) is 15.1. The average Bonchev–Trinajstić information content (AvgIpc) is 1.69. The minimum atomic E-state index is -3.92. The molecule has 7 aromatic carbocycles.